The molecule has 12 heteroatoms. The van der Waals surface area contributed by atoms with E-state index < -0.39 is 33.9 Å². The maximum absolute atomic E-state index is 13.2. The molecule has 0 bridgehead atoms. The highest BCUT2D eigenvalue weighted by Gasteiger charge is 2.38. The molecule has 32 heavy (non-hydrogen) atoms. The third-order valence-corrected chi connectivity index (χ3v) is 7.21. The molecule has 0 unspecified atom stereocenters. The van der Waals surface area contributed by atoms with Crippen LogP contribution in [0.5, 0.6) is 0 Å². The van der Waals surface area contributed by atoms with Gasteiger partial charge in [0.2, 0.25) is 15.9 Å². The largest absolute Gasteiger partial charge is 0.394 e. The molecule has 2 aliphatic heterocycles. The second-order valence-electron chi connectivity index (χ2n) is 7.67. The molecule has 3 amide bonds. The van der Waals surface area contributed by atoms with E-state index in [-0.39, 0.29) is 37.0 Å². The molecule has 0 saturated carbocycles. The summed E-state index contributed by atoms with van der Waals surface area (Å²) in [7, 11) is -4.35. The number of likely N-dealkylation sites (tertiary alicyclic amines) is 1. The van der Waals surface area contributed by atoms with Crippen molar-refractivity contribution in [1.82, 2.24) is 9.62 Å². The Kier molecular flexibility index (Phi) is 7.49. The molecule has 0 spiro atoms. The Hall–Kier alpha value is -2.54. The number of primary amides is 1. The summed E-state index contributed by atoms with van der Waals surface area (Å²) in [6.07, 6.45) is 1.46. The lowest BCUT2D eigenvalue weighted by Gasteiger charge is -2.30. The van der Waals surface area contributed by atoms with Gasteiger partial charge in [-0.15, -0.1) is 0 Å². The highest BCUT2D eigenvalue weighted by Crippen LogP contribution is 2.29. The first-order valence-electron chi connectivity index (χ1n) is 10.4. The quantitative estimate of drug-likeness (QED) is 0.401. The van der Waals surface area contributed by atoms with E-state index in [1.807, 2.05) is 0 Å². The van der Waals surface area contributed by atoms with Crippen LogP contribution in [0.25, 0.3) is 0 Å². The van der Waals surface area contributed by atoms with E-state index >= 15 is 0 Å². The van der Waals surface area contributed by atoms with Crippen LogP contribution in [0, 0.1) is 0 Å². The number of carbonyl (C=O) groups excluding carboxylic acids is 3. The van der Waals surface area contributed by atoms with Gasteiger partial charge < -0.3 is 25.4 Å². The smallest absolute Gasteiger partial charge is 0.253 e. The van der Waals surface area contributed by atoms with Gasteiger partial charge in [-0.2, -0.15) is 4.72 Å². The van der Waals surface area contributed by atoms with Crippen LogP contribution in [0.3, 0.4) is 0 Å². The number of hydrogen-bond acceptors (Lipinski definition) is 7. The van der Waals surface area contributed by atoms with Crippen LogP contribution in [0.4, 0.5) is 5.69 Å². The Morgan fingerprint density at radius 2 is 2.09 bits per heavy atom. The molecule has 2 atom stereocenters. The van der Waals surface area contributed by atoms with E-state index in [0.29, 0.717) is 37.2 Å². The molecule has 2 saturated heterocycles. The number of ether oxygens (including phenoxy) is 1. The summed E-state index contributed by atoms with van der Waals surface area (Å²) in [4.78, 5) is 39.8. The normalized spacial score (nSPS) is 20.4. The highest BCUT2D eigenvalue weighted by atomic mass is 32.2. The van der Waals surface area contributed by atoms with Gasteiger partial charge in [0.05, 0.1) is 24.2 Å². The number of benzene rings is 1. The van der Waals surface area contributed by atoms with Gasteiger partial charge in [-0.3, -0.25) is 14.4 Å². The molecule has 0 aliphatic carbocycles. The first-order chi connectivity index (χ1) is 15.2. The average molecular weight is 469 g/mol. The Labute approximate surface area is 186 Å². The fourth-order valence-electron chi connectivity index (χ4n) is 4.12. The van der Waals surface area contributed by atoms with Gasteiger partial charge in [-0.25, -0.2) is 8.42 Å². The first kappa shape index (κ1) is 24.1. The van der Waals surface area contributed by atoms with Gasteiger partial charge >= 0.3 is 0 Å². The molecule has 2 aliphatic rings. The summed E-state index contributed by atoms with van der Waals surface area (Å²) < 4.78 is 33.8. The van der Waals surface area contributed by atoms with Crippen LogP contribution < -0.4 is 15.4 Å². The fraction of sp³-hybridized carbons (Fsp3) is 0.550. The Bertz CT molecular complexity index is 998. The minimum absolute atomic E-state index is 0.0987. The monoisotopic (exact) mass is 468 g/mol. The molecular weight excluding hydrogens is 440 g/mol. The van der Waals surface area contributed by atoms with Gasteiger partial charge in [-0.05, 0) is 37.0 Å². The third kappa shape index (κ3) is 4.77. The van der Waals surface area contributed by atoms with Gasteiger partial charge in [0.1, 0.15) is 6.61 Å². The molecule has 1 aromatic rings. The number of rotatable bonds is 8. The average Bonchev–Trinajstić information content (AvgIpc) is 3.25. The van der Waals surface area contributed by atoms with Crippen molar-refractivity contribution in [2.24, 2.45) is 5.73 Å². The Balaban J connectivity index is 1.94. The molecular formula is C20H28N4O7S. The number of carbonyl (C=O) groups is 3. The number of morpholine rings is 1. The van der Waals surface area contributed by atoms with Crippen molar-refractivity contribution in [2.75, 3.05) is 37.8 Å². The van der Waals surface area contributed by atoms with E-state index in [4.69, 9.17) is 10.5 Å². The van der Waals surface area contributed by atoms with Crippen molar-refractivity contribution in [1.29, 1.82) is 0 Å². The Morgan fingerprint density at radius 1 is 1.34 bits per heavy atom. The minimum Gasteiger partial charge on any atom is -0.394 e. The second-order valence-corrected chi connectivity index (χ2v) is 9.35. The van der Waals surface area contributed by atoms with Crippen LogP contribution >= 0.6 is 0 Å². The van der Waals surface area contributed by atoms with Crippen LogP contribution in [0.15, 0.2) is 23.1 Å². The van der Waals surface area contributed by atoms with Crippen LogP contribution in [0.2, 0.25) is 0 Å². The number of aliphatic hydroxyl groups is 1. The standard InChI is InChI=1S/C20H28N4O7S/c1-2-14-15(24-9-10-31-12-17(24)26)6-3-7-16(14)32(29,30)22-18(19(21)27)20(28)23-8-4-5-13(23)11-25/h3,6-7,13,18,22,25H,2,4-5,8-12H2,1H3,(H2,21,27)/t13-,18-/m0/s1. The molecule has 2 heterocycles. The van der Waals surface area contributed by atoms with E-state index in [9.17, 15) is 27.9 Å². The molecule has 2 fully saturated rings. The third-order valence-electron chi connectivity index (χ3n) is 5.70. The summed E-state index contributed by atoms with van der Waals surface area (Å²) in [6, 6.07) is 2.19. The number of aliphatic hydroxyl groups excluding tert-OH is 1. The van der Waals surface area contributed by atoms with Crippen molar-refractivity contribution >= 4 is 33.4 Å². The molecule has 176 valence electrons. The number of nitrogens with one attached hydrogen (secondary N) is 1. The molecule has 0 radical (unpaired) electrons. The first-order valence-corrected chi connectivity index (χ1v) is 11.9. The van der Waals surface area contributed by atoms with Crippen molar-refractivity contribution < 1.29 is 32.6 Å². The zero-order chi connectivity index (χ0) is 23.5. The lowest BCUT2D eigenvalue weighted by atomic mass is 10.1. The van der Waals surface area contributed by atoms with E-state index in [0.717, 1.165) is 0 Å². The lowest BCUT2D eigenvalue weighted by molar-refractivity contribution is -0.138. The number of nitrogens with two attached hydrogens (primary N) is 1. The second kappa shape index (κ2) is 9.94. The van der Waals surface area contributed by atoms with Crippen molar-refractivity contribution in [3.8, 4) is 0 Å². The van der Waals surface area contributed by atoms with E-state index in [2.05, 4.69) is 4.72 Å². The van der Waals surface area contributed by atoms with E-state index in [1.165, 1.54) is 21.9 Å². The Morgan fingerprint density at radius 3 is 2.72 bits per heavy atom. The molecule has 3 rings (SSSR count). The zero-order valence-corrected chi connectivity index (χ0v) is 18.6. The summed E-state index contributed by atoms with van der Waals surface area (Å²) >= 11 is 0. The van der Waals surface area contributed by atoms with Crippen LogP contribution in [0.1, 0.15) is 25.3 Å². The summed E-state index contributed by atoms with van der Waals surface area (Å²) in [5, 5.41) is 9.47. The SMILES string of the molecule is CCc1c(N2CCOCC2=O)cccc1S(=O)(=O)N[C@@H](C(N)=O)C(=O)N1CCC[C@H]1CO. The van der Waals surface area contributed by atoms with Crippen molar-refractivity contribution in [2.45, 2.75) is 43.2 Å². The number of sulfonamides is 1. The minimum atomic E-state index is -4.35. The van der Waals surface area contributed by atoms with Crippen LogP contribution in [-0.4, -0.2) is 81.1 Å². The summed E-state index contributed by atoms with van der Waals surface area (Å²) in [5.41, 5.74) is 6.18. The molecule has 0 aromatic heterocycles. The predicted molar refractivity (Wildman–Crippen MR) is 114 cm³/mol. The topological polar surface area (TPSA) is 159 Å². The molecule has 1 aromatic carbocycles. The highest BCUT2D eigenvalue weighted by molar-refractivity contribution is 7.89. The van der Waals surface area contributed by atoms with Crippen LogP contribution in [-0.2, 0) is 35.6 Å². The summed E-state index contributed by atoms with van der Waals surface area (Å²) in [6.45, 7) is 2.25. The van der Waals surface area contributed by atoms with Crippen molar-refractivity contribution in [3.63, 3.8) is 0 Å². The van der Waals surface area contributed by atoms with Crippen molar-refractivity contribution in [3.05, 3.63) is 23.8 Å². The number of nitrogens with zero attached hydrogens (tertiary/aromatic N) is 2. The maximum Gasteiger partial charge on any atom is 0.253 e. The van der Waals surface area contributed by atoms with Gasteiger partial charge in [-0.1, -0.05) is 13.0 Å². The van der Waals surface area contributed by atoms with Gasteiger partial charge in [0.15, 0.2) is 6.04 Å². The number of amides is 3. The zero-order valence-electron chi connectivity index (χ0n) is 17.8. The van der Waals surface area contributed by atoms with E-state index in [1.54, 1.807) is 13.0 Å². The number of anilines is 1. The maximum atomic E-state index is 13.2. The number of hydrogen-bond donors (Lipinski definition) is 3. The summed E-state index contributed by atoms with van der Waals surface area (Å²) in [5.74, 6) is -2.22. The van der Waals surface area contributed by atoms with Gasteiger partial charge in [0.25, 0.3) is 11.8 Å². The van der Waals surface area contributed by atoms with Gasteiger partial charge in [0, 0.05) is 18.8 Å². The lowest BCUT2D eigenvalue weighted by Crippen LogP contribution is -2.56. The fourth-order valence-corrected chi connectivity index (χ4v) is 5.60. The predicted octanol–water partition coefficient (Wildman–Crippen LogP) is -1.27. The molecule has 11 nitrogen and oxygen atoms in total. The molecule has 4 N–H and O–H groups in total.